The summed E-state index contributed by atoms with van der Waals surface area (Å²) in [6.45, 7) is 6.51. The summed E-state index contributed by atoms with van der Waals surface area (Å²) in [5.74, 6) is -2.13. The average Bonchev–Trinajstić information content (AvgIpc) is 3.28. The van der Waals surface area contributed by atoms with Crippen LogP contribution < -0.4 is 10.9 Å². The first-order valence-corrected chi connectivity index (χ1v) is 13.3. The fraction of sp³-hybridized carbons (Fsp3) is 0.448. The Morgan fingerprint density at radius 2 is 2.03 bits per heavy atom. The zero-order chi connectivity index (χ0) is 28.0. The molecule has 3 aliphatic rings. The molecule has 2 unspecified atom stereocenters. The van der Waals surface area contributed by atoms with Crippen molar-refractivity contribution in [2.24, 2.45) is 5.92 Å². The van der Waals surface area contributed by atoms with Gasteiger partial charge in [-0.05, 0) is 55.9 Å². The second-order valence-corrected chi connectivity index (χ2v) is 10.9. The highest BCUT2D eigenvalue weighted by atomic mass is 19.1. The third kappa shape index (κ3) is 3.50. The maximum absolute atomic E-state index is 15.0. The Morgan fingerprint density at radius 3 is 2.72 bits per heavy atom. The molecule has 9 nitrogen and oxygen atoms in total. The molecule has 204 valence electrons. The number of fused-ring (bicyclic) bond motifs is 5. The number of ether oxygens (including phenoxy) is 1. The van der Waals surface area contributed by atoms with E-state index in [1.807, 2.05) is 0 Å². The molecular formula is C29H30FN3O6. The molecule has 4 heterocycles. The summed E-state index contributed by atoms with van der Waals surface area (Å²) in [6.07, 6.45) is 0.234. The van der Waals surface area contributed by atoms with Gasteiger partial charge >= 0.3 is 5.97 Å². The third-order valence-corrected chi connectivity index (χ3v) is 8.83. The summed E-state index contributed by atoms with van der Waals surface area (Å²) < 4.78 is 21.7. The van der Waals surface area contributed by atoms with Crippen LogP contribution in [0.2, 0.25) is 0 Å². The molecule has 2 aromatic heterocycles. The van der Waals surface area contributed by atoms with Crippen LogP contribution >= 0.6 is 0 Å². The van der Waals surface area contributed by atoms with Crippen LogP contribution in [0, 0.1) is 18.7 Å². The van der Waals surface area contributed by atoms with Crippen LogP contribution in [0.25, 0.3) is 22.3 Å². The van der Waals surface area contributed by atoms with Crippen molar-refractivity contribution in [3.8, 4) is 11.4 Å². The number of amides is 1. The summed E-state index contributed by atoms with van der Waals surface area (Å²) in [7, 11) is 0. The predicted molar refractivity (Wildman–Crippen MR) is 139 cm³/mol. The minimum atomic E-state index is -1.96. The largest absolute Gasteiger partial charge is 0.458 e. The second-order valence-electron chi connectivity index (χ2n) is 10.9. The molecule has 0 spiro atoms. The molecule has 1 aromatic carbocycles. The normalized spacial score (nSPS) is 22.5. The zero-order valence-electron chi connectivity index (χ0n) is 22.2. The lowest BCUT2D eigenvalue weighted by Gasteiger charge is -2.31. The molecule has 3 aromatic rings. The number of aromatic nitrogens is 2. The molecule has 1 amide bonds. The van der Waals surface area contributed by atoms with Gasteiger partial charge in [-0.25, -0.2) is 14.2 Å². The van der Waals surface area contributed by atoms with E-state index in [1.165, 1.54) is 10.6 Å². The lowest BCUT2D eigenvalue weighted by Crippen LogP contribution is -2.44. The van der Waals surface area contributed by atoms with Gasteiger partial charge in [0.15, 0.2) is 5.60 Å². The summed E-state index contributed by atoms with van der Waals surface area (Å²) in [6, 6.07) is 2.56. The molecule has 6 rings (SSSR count). The summed E-state index contributed by atoms with van der Waals surface area (Å²) in [5, 5.41) is 25.0. The van der Waals surface area contributed by atoms with Crippen molar-refractivity contribution in [2.45, 2.75) is 77.9 Å². The van der Waals surface area contributed by atoms with Gasteiger partial charge < -0.3 is 24.8 Å². The Kier molecular flexibility index (Phi) is 5.71. The van der Waals surface area contributed by atoms with Gasteiger partial charge in [0, 0.05) is 22.6 Å². The highest BCUT2D eigenvalue weighted by molar-refractivity contribution is 5.94. The molecule has 10 heteroatoms. The zero-order valence-corrected chi connectivity index (χ0v) is 22.2. The number of nitrogens with one attached hydrogen (secondary N) is 1. The molecule has 0 saturated carbocycles. The van der Waals surface area contributed by atoms with Crippen molar-refractivity contribution in [3.63, 3.8) is 0 Å². The van der Waals surface area contributed by atoms with Crippen LogP contribution in [0.4, 0.5) is 4.39 Å². The lowest BCUT2D eigenvalue weighted by atomic mass is 9.81. The van der Waals surface area contributed by atoms with E-state index in [1.54, 1.807) is 33.8 Å². The SMILES string of the molecule is CC[C@@]1(O)C(=O)OCc2c1cc1n(c2=O)Cc2c-1nc1cc(F)c(C)c3c1c2[C@@H](NC(=O)C(C)C(C)O)CC3. The van der Waals surface area contributed by atoms with Gasteiger partial charge in [-0.1, -0.05) is 13.8 Å². The molecule has 39 heavy (non-hydrogen) atoms. The highest BCUT2D eigenvalue weighted by Gasteiger charge is 2.46. The number of cyclic esters (lactones) is 1. The number of halogens is 1. The van der Waals surface area contributed by atoms with Crippen LogP contribution in [0.5, 0.6) is 0 Å². The number of esters is 1. The number of aryl methyl sites for hydroxylation is 1. The van der Waals surface area contributed by atoms with Gasteiger partial charge in [0.05, 0.1) is 47.1 Å². The molecule has 4 atom stereocenters. The number of carbonyl (C=O) groups excluding carboxylic acids is 2. The molecule has 0 fully saturated rings. The van der Waals surface area contributed by atoms with E-state index >= 15 is 4.39 Å². The Balaban J connectivity index is 1.61. The Hall–Kier alpha value is -3.63. The number of pyridine rings is 2. The van der Waals surface area contributed by atoms with E-state index in [2.05, 4.69) is 5.32 Å². The first kappa shape index (κ1) is 25.6. The smallest absolute Gasteiger partial charge is 0.343 e. The number of hydrogen-bond acceptors (Lipinski definition) is 7. The Labute approximate surface area is 223 Å². The molecule has 3 N–H and O–H groups in total. The quantitative estimate of drug-likeness (QED) is 0.343. The van der Waals surface area contributed by atoms with Crippen molar-refractivity contribution in [1.82, 2.24) is 14.9 Å². The monoisotopic (exact) mass is 535 g/mol. The summed E-state index contributed by atoms with van der Waals surface area (Å²) >= 11 is 0. The topological polar surface area (TPSA) is 131 Å². The van der Waals surface area contributed by atoms with Crippen LogP contribution in [0.3, 0.4) is 0 Å². The van der Waals surface area contributed by atoms with Gasteiger partial charge in [0.2, 0.25) is 5.91 Å². The van der Waals surface area contributed by atoms with E-state index in [4.69, 9.17) is 9.72 Å². The second kappa shape index (κ2) is 8.69. The lowest BCUT2D eigenvalue weighted by molar-refractivity contribution is -0.172. The summed E-state index contributed by atoms with van der Waals surface area (Å²) in [5.41, 5.74) is 2.22. The van der Waals surface area contributed by atoms with Crippen LogP contribution in [0.1, 0.15) is 73.0 Å². The highest BCUT2D eigenvalue weighted by Crippen LogP contribution is 2.46. The fourth-order valence-electron chi connectivity index (χ4n) is 6.22. The number of benzene rings is 1. The van der Waals surface area contributed by atoms with Gasteiger partial charge in [-0.2, -0.15) is 0 Å². The van der Waals surface area contributed by atoms with E-state index < -0.39 is 35.2 Å². The van der Waals surface area contributed by atoms with Crippen molar-refractivity contribution in [2.75, 3.05) is 0 Å². The van der Waals surface area contributed by atoms with Crippen LogP contribution in [0.15, 0.2) is 16.9 Å². The number of aliphatic hydroxyl groups is 2. The maximum Gasteiger partial charge on any atom is 0.343 e. The molecule has 0 saturated heterocycles. The first-order valence-electron chi connectivity index (χ1n) is 13.3. The summed E-state index contributed by atoms with van der Waals surface area (Å²) in [4.78, 5) is 44.0. The van der Waals surface area contributed by atoms with Gasteiger partial charge in [0.25, 0.3) is 5.56 Å². The minimum Gasteiger partial charge on any atom is -0.458 e. The molecule has 2 aliphatic heterocycles. The van der Waals surface area contributed by atoms with Crippen molar-refractivity contribution >= 4 is 22.8 Å². The standard InChI is InChI=1S/C29H30FN3O6/c1-5-29(38)18-8-22-25-16(10-33(22)27(36)17(18)11-39-28(29)37)24-20(32-26(35)12(2)14(4)34)7-6-15-13(3)19(30)9-21(31-25)23(15)24/h8-9,12,14,20,34,38H,5-7,10-11H2,1-4H3,(H,32,35)/t12?,14?,20-,29-/m0/s1. The Bertz CT molecular complexity index is 1660. The van der Waals surface area contributed by atoms with Gasteiger partial charge in [0.1, 0.15) is 12.4 Å². The van der Waals surface area contributed by atoms with E-state index in [0.29, 0.717) is 35.3 Å². The molecule has 1 aliphatic carbocycles. The van der Waals surface area contributed by atoms with Crippen molar-refractivity contribution in [3.05, 3.63) is 61.7 Å². The first-order chi connectivity index (χ1) is 18.5. The van der Waals surface area contributed by atoms with Crippen LogP contribution in [-0.4, -0.2) is 37.7 Å². The van der Waals surface area contributed by atoms with Crippen molar-refractivity contribution in [1.29, 1.82) is 0 Å². The average molecular weight is 536 g/mol. The Morgan fingerprint density at radius 1 is 1.28 bits per heavy atom. The van der Waals surface area contributed by atoms with Gasteiger partial charge in [-0.15, -0.1) is 0 Å². The number of carbonyl (C=O) groups is 2. The number of aliphatic hydroxyl groups excluding tert-OH is 1. The predicted octanol–water partition coefficient (Wildman–Crippen LogP) is 2.65. The molecule has 0 radical (unpaired) electrons. The van der Waals surface area contributed by atoms with Gasteiger partial charge in [-0.3, -0.25) is 9.59 Å². The number of nitrogens with zero attached hydrogens (tertiary/aromatic N) is 2. The van der Waals surface area contributed by atoms with Crippen molar-refractivity contribution < 1.29 is 28.9 Å². The van der Waals surface area contributed by atoms with E-state index in [9.17, 15) is 24.6 Å². The molecular weight excluding hydrogens is 505 g/mol. The fourth-order valence-corrected chi connectivity index (χ4v) is 6.22. The molecule has 0 bridgehead atoms. The minimum absolute atomic E-state index is 0.0222. The third-order valence-electron chi connectivity index (χ3n) is 8.83. The van der Waals surface area contributed by atoms with E-state index in [-0.39, 0.29) is 42.4 Å². The number of rotatable bonds is 4. The van der Waals surface area contributed by atoms with E-state index in [0.717, 1.165) is 22.1 Å². The maximum atomic E-state index is 15.0. The van der Waals surface area contributed by atoms with Crippen LogP contribution in [-0.2, 0) is 39.5 Å². The number of hydrogen-bond donors (Lipinski definition) is 3.